The van der Waals surface area contributed by atoms with Crippen molar-refractivity contribution >= 4 is 25.4 Å². The summed E-state index contributed by atoms with van der Waals surface area (Å²) >= 11 is 0. The molecule has 0 aliphatic heterocycles. The molecule has 1 N–H and O–H groups in total. The van der Waals surface area contributed by atoms with Crippen LogP contribution in [-0.2, 0) is 29.6 Å². The van der Waals surface area contributed by atoms with Gasteiger partial charge in [0.1, 0.15) is 11.6 Å². The van der Waals surface area contributed by atoms with Crippen molar-refractivity contribution in [1.29, 1.82) is 5.26 Å². The Labute approximate surface area is 232 Å². The molecule has 0 spiro atoms. The highest BCUT2D eigenvalue weighted by molar-refractivity contribution is 7.59. The highest BCUT2D eigenvalue weighted by atomic mass is 31.2. The van der Waals surface area contributed by atoms with Crippen molar-refractivity contribution in [3.8, 4) is 17.2 Å². The molecule has 0 radical (unpaired) electrons. The number of nitrogens with zero attached hydrogens (tertiary/aromatic N) is 3. The van der Waals surface area contributed by atoms with Gasteiger partial charge >= 0.3 is 7.60 Å². The van der Waals surface area contributed by atoms with Crippen LogP contribution < -0.4 is 10.1 Å². The maximum atomic E-state index is 12.9. The van der Waals surface area contributed by atoms with Gasteiger partial charge in [-0.25, -0.2) is 13.9 Å². The number of rotatable bonds is 12. The van der Waals surface area contributed by atoms with Crippen LogP contribution in [0.1, 0.15) is 30.7 Å². The molecule has 0 bridgehead atoms. The number of aromatic nitrogens is 2. The van der Waals surface area contributed by atoms with E-state index < -0.39 is 7.60 Å². The molecule has 12 heteroatoms. The molecule has 0 fully saturated rings. The molecule has 1 heterocycles. The van der Waals surface area contributed by atoms with Crippen LogP contribution in [0.15, 0.2) is 61.1 Å². The van der Waals surface area contributed by atoms with Crippen molar-refractivity contribution < 1.29 is 32.3 Å². The largest absolute Gasteiger partial charge is 0.495 e. The molecule has 0 aliphatic rings. The lowest BCUT2D eigenvalue weighted by Gasteiger charge is -2.10. The molecular formula is C28H32FN4O6P. The van der Waals surface area contributed by atoms with Gasteiger partial charge in [-0.05, 0) is 62.2 Å². The minimum absolute atomic E-state index is 0.0945. The molecule has 1 aromatic heterocycles. The number of hydrogen-bond acceptors (Lipinski definition) is 8. The number of aryl methyl sites for hydroxylation is 1. The fourth-order valence-corrected chi connectivity index (χ4v) is 4.18. The van der Waals surface area contributed by atoms with E-state index in [0.29, 0.717) is 11.3 Å². The normalized spacial score (nSPS) is 10.9. The first-order valence-corrected chi connectivity index (χ1v) is 13.9. The van der Waals surface area contributed by atoms with Crippen molar-refractivity contribution in [3.63, 3.8) is 0 Å². The molecule has 2 aromatic carbocycles. The predicted octanol–water partition coefficient (Wildman–Crippen LogP) is 5.00. The van der Waals surface area contributed by atoms with E-state index >= 15 is 0 Å². The number of Topliss-reactive ketones (excluding diaryl/α,β-unsaturated/α-hetero) is 1. The molecule has 10 nitrogen and oxygen atoms in total. The quantitative estimate of drug-likeness (QED) is 0.238. The molecule has 0 aliphatic carbocycles. The summed E-state index contributed by atoms with van der Waals surface area (Å²) in [6, 6.07) is 11.3. The van der Waals surface area contributed by atoms with Crippen LogP contribution in [0.5, 0.6) is 5.75 Å². The lowest BCUT2D eigenvalue weighted by molar-refractivity contribution is -0.122. The minimum Gasteiger partial charge on any atom is -0.495 e. The van der Waals surface area contributed by atoms with Crippen molar-refractivity contribution in [2.24, 2.45) is 0 Å². The first kappa shape index (κ1) is 32.1. The zero-order valence-electron chi connectivity index (χ0n) is 22.8. The van der Waals surface area contributed by atoms with Gasteiger partial charge in [-0.3, -0.25) is 18.6 Å². The van der Waals surface area contributed by atoms with Crippen LogP contribution in [0.4, 0.5) is 4.39 Å². The summed E-state index contributed by atoms with van der Waals surface area (Å²) in [5.41, 5.74) is 3.21. The van der Waals surface area contributed by atoms with E-state index in [9.17, 15) is 18.5 Å². The van der Waals surface area contributed by atoms with Crippen molar-refractivity contribution in [2.45, 2.75) is 27.2 Å². The Morgan fingerprint density at radius 3 is 2.38 bits per heavy atom. The van der Waals surface area contributed by atoms with E-state index in [1.54, 1.807) is 45.5 Å². The number of amides is 1. The van der Waals surface area contributed by atoms with Crippen LogP contribution in [0.2, 0.25) is 0 Å². The number of hydrogen-bond donors (Lipinski definition) is 1. The molecule has 3 rings (SSSR count). The highest BCUT2D eigenvalue weighted by Crippen LogP contribution is 2.46. The third kappa shape index (κ3) is 10.6. The topological polar surface area (TPSA) is 133 Å². The number of benzene rings is 2. The van der Waals surface area contributed by atoms with Gasteiger partial charge in [-0.2, -0.15) is 5.26 Å². The number of nitrogens with one attached hydrogen (secondary N) is 1. The summed E-state index contributed by atoms with van der Waals surface area (Å²) in [6.07, 6.45) is 6.74. The number of imidazole rings is 1. The maximum absolute atomic E-state index is 12.9. The van der Waals surface area contributed by atoms with Crippen molar-refractivity contribution in [2.75, 3.05) is 26.9 Å². The van der Waals surface area contributed by atoms with Crippen LogP contribution in [0.3, 0.4) is 0 Å². The van der Waals surface area contributed by atoms with Gasteiger partial charge in [0.2, 0.25) is 5.91 Å². The third-order valence-electron chi connectivity index (χ3n) is 5.12. The second-order valence-corrected chi connectivity index (χ2v) is 9.89. The zero-order valence-corrected chi connectivity index (χ0v) is 23.7. The molecule has 1 amide bonds. The molecule has 212 valence electrons. The minimum atomic E-state index is -3.39. The number of carbonyl (C=O) groups is 2. The fraction of sp³-hybridized carbons (Fsp3) is 0.286. The summed E-state index contributed by atoms with van der Waals surface area (Å²) in [7, 11) is -1.82. The smallest absolute Gasteiger partial charge is 0.431 e. The first-order valence-electron chi connectivity index (χ1n) is 12.3. The second-order valence-electron chi connectivity index (χ2n) is 8.18. The molecule has 0 atom stereocenters. The maximum Gasteiger partial charge on any atom is 0.431 e. The Morgan fingerprint density at radius 2 is 1.82 bits per heavy atom. The summed E-state index contributed by atoms with van der Waals surface area (Å²) < 4.78 is 40.4. The van der Waals surface area contributed by atoms with Crippen LogP contribution in [0, 0.1) is 23.8 Å². The Morgan fingerprint density at radius 1 is 1.15 bits per heavy atom. The molecule has 40 heavy (non-hydrogen) atoms. The van der Waals surface area contributed by atoms with E-state index in [2.05, 4.69) is 19.3 Å². The van der Waals surface area contributed by atoms with Crippen molar-refractivity contribution in [1.82, 2.24) is 14.9 Å². The number of halogens is 1. The fourth-order valence-electron chi connectivity index (χ4n) is 3.31. The van der Waals surface area contributed by atoms with E-state index in [0.717, 1.165) is 16.9 Å². The molecule has 0 unspecified atom stereocenters. The van der Waals surface area contributed by atoms with Gasteiger partial charge in [-0.1, -0.05) is 18.2 Å². The first-order chi connectivity index (χ1) is 19.1. The van der Waals surface area contributed by atoms with E-state index in [-0.39, 0.29) is 43.7 Å². The number of ketones is 1. The third-order valence-corrected chi connectivity index (χ3v) is 6.56. The van der Waals surface area contributed by atoms with E-state index in [1.807, 2.05) is 35.9 Å². The van der Waals surface area contributed by atoms with Crippen LogP contribution in [-0.4, -0.2) is 48.1 Å². The van der Waals surface area contributed by atoms with Crippen LogP contribution >= 0.6 is 7.60 Å². The van der Waals surface area contributed by atoms with Crippen LogP contribution in [0.25, 0.3) is 11.8 Å². The lowest BCUT2D eigenvalue weighted by atomic mass is 10.1. The van der Waals surface area contributed by atoms with E-state index in [4.69, 9.17) is 10.00 Å². The van der Waals surface area contributed by atoms with Gasteiger partial charge in [0, 0.05) is 18.7 Å². The van der Waals surface area contributed by atoms with Crippen molar-refractivity contribution in [3.05, 3.63) is 83.7 Å². The Balaban J connectivity index is 0.000000478. The number of methoxy groups -OCH3 is 1. The predicted molar refractivity (Wildman–Crippen MR) is 148 cm³/mol. The number of nitriles is 1. The Kier molecular flexibility index (Phi) is 12.9. The van der Waals surface area contributed by atoms with Gasteiger partial charge < -0.3 is 14.6 Å². The van der Waals surface area contributed by atoms with E-state index in [1.165, 1.54) is 24.0 Å². The molecule has 3 aromatic rings. The molecule has 0 saturated heterocycles. The average molecular weight is 571 g/mol. The summed E-state index contributed by atoms with van der Waals surface area (Å²) in [4.78, 5) is 28.2. The molecule has 0 saturated carbocycles. The number of ether oxygens (including phenoxy) is 1. The average Bonchev–Trinajstić information content (AvgIpc) is 3.38. The number of carbonyl (C=O) groups excluding carboxylic acids is 2. The van der Waals surface area contributed by atoms with Gasteiger partial charge in [-0.15, -0.1) is 0 Å². The SMILES string of the molecule is CCOP(=O)(C#N)OCC.COc1cc(C=CC(=O)NCC(=O)Cc2ccc(F)cc2)ccc1-n1cnc(C)c1. The van der Waals surface area contributed by atoms with Gasteiger partial charge in [0.05, 0.1) is 44.6 Å². The summed E-state index contributed by atoms with van der Waals surface area (Å²) in [5.74, 6) is 1.24. The second kappa shape index (κ2) is 16.1. The standard InChI is InChI=1S/C23H22FN3O3.C5H10NO3P/c1-16-14-27(15-26-16)21-9-5-18(12-22(21)30-2)6-10-23(29)25-13-20(28)11-17-3-7-19(24)8-4-17;1-3-8-10(7,5-6)9-4-2/h3-10,12,14-15H,11,13H2,1-2H3,(H,25,29);3-4H2,1-2H3. The lowest BCUT2D eigenvalue weighted by Crippen LogP contribution is -2.28. The Bertz CT molecular complexity index is 1390. The summed E-state index contributed by atoms with van der Waals surface area (Å²) in [6.45, 7) is 5.58. The van der Waals surface area contributed by atoms with Gasteiger partial charge in [0.15, 0.2) is 11.6 Å². The van der Waals surface area contributed by atoms with Gasteiger partial charge in [0.25, 0.3) is 0 Å². The molecular weight excluding hydrogens is 538 g/mol. The monoisotopic (exact) mass is 570 g/mol. The Hall–Kier alpha value is -4.10. The summed E-state index contributed by atoms with van der Waals surface area (Å²) in [5, 5.41) is 10.8. The highest BCUT2D eigenvalue weighted by Gasteiger charge is 2.21. The zero-order chi connectivity index (χ0) is 29.5.